The van der Waals surface area contributed by atoms with Gasteiger partial charge in [0.15, 0.2) is 0 Å². The van der Waals surface area contributed by atoms with Gasteiger partial charge in [0, 0.05) is 13.5 Å². The Labute approximate surface area is 189 Å². The molecule has 32 heavy (non-hydrogen) atoms. The summed E-state index contributed by atoms with van der Waals surface area (Å²) in [6.07, 6.45) is 5.44. The molecule has 2 aliphatic rings. The molecule has 170 valence electrons. The zero-order chi connectivity index (χ0) is 22.9. The number of carbonyl (C=O) groups is 2. The molecule has 0 unspecified atom stereocenters. The molecule has 4 nitrogen and oxygen atoms in total. The van der Waals surface area contributed by atoms with Crippen LogP contribution in [-0.2, 0) is 27.8 Å². The predicted octanol–water partition coefficient (Wildman–Crippen LogP) is 5.12. The van der Waals surface area contributed by atoms with E-state index in [1.54, 1.807) is 12.1 Å². The number of hydrogen-bond acceptors (Lipinski definition) is 3. The number of benzene rings is 2. The summed E-state index contributed by atoms with van der Waals surface area (Å²) < 4.78 is 18.5. The molecule has 4 rings (SSSR count). The second kappa shape index (κ2) is 8.68. The van der Waals surface area contributed by atoms with Crippen LogP contribution >= 0.6 is 0 Å². The molecule has 0 aromatic heterocycles. The minimum absolute atomic E-state index is 0.107. The van der Waals surface area contributed by atoms with Gasteiger partial charge in [0.1, 0.15) is 11.6 Å². The number of carbonyl (C=O) groups excluding carboxylic acids is 2. The molecule has 2 aliphatic carbocycles. The lowest BCUT2D eigenvalue weighted by molar-refractivity contribution is -0.138. The number of esters is 1. The van der Waals surface area contributed by atoms with Crippen LogP contribution in [0.4, 0.5) is 4.39 Å². The maximum absolute atomic E-state index is 13.4. The van der Waals surface area contributed by atoms with Crippen molar-refractivity contribution in [3.05, 3.63) is 65.0 Å². The van der Waals surface area contributed by atoms with Crippen molar-refractivity contribution in [2.24, 2.45) is 11.3 Å². The van der Waals surface area contributed by atoms with Gasteiger partial charge in [-0.1, -0.05) is 38.5 Å². The number of aryl methyl sites for hydroxylation is 1. The molecule has 1 N–H and O–H groups in total. The maximum atomic E-state index is 13.4. The molecule has 2 aromatic rings. The summed E-state index contributed by atoms with van der Waals surface area (Å²) in [5.74, 6) is 0.330. The SMILES string of the molecule is CC(=O)Oc1ccc2c(c1)[C@@]1(C)CCC[C@](C)(C(=O)NCCc3ccc(F)cc3)[C@@H]1CC2. The average molecular weight is 438 g/mol. The lowest BCUT2D eigenvalue weighted by Gasteiger charge is -2.54. The van der Waals surface area contributed by atoms with E-state index in [0.29, 0.717) is 18.7 Å². The summed E-state index contributed by atoms with van der Waals surface area (Å²) in [5, 5.41) is 3.17. The van der Waals surface area contributed by atoms with Crippen molar-refractivity contribution in [3.63, 3.8) is 0 Å². The monoisotopic (exact) mass is 437 g/mol. The van der Waals surface area contributed by atoms with Gasteiger partial charge in [-0.15, -0.1) is 0 Å². The van der Waals surface area contributed by atoms with Crippen LogP contribution in [0.2, 0.25) is 0 Å². The van der Waals surface area contributed by atoms with Crippen LogP contribution in [0.3, 0.4) is 0 Å². The third-order valence-electron chi connectivity index (χ3n) is 7.72. The molecule has 2 aromatic carbocycles. The fourth-order valence-electron chi connectivity index (χ4n) is 6.11. The zero-order valence-corrected chi connectivity index (χ0v) is 19.2. The molecule has 0 aliphatic heterocycles. The molecule has 0 spiro atoms. The Hall–Kier alpha value is -2.69. The highest BCUT2D eigenvalue weighted by molar-refractivity contribution is 5.83. The Morgan fingerprint density at radius 3 is 2.59 bits per heavy atom. The van der Waals surface area contributed by atoms with Gasteiger partial charge in [0.2, 0.25) is 5.91 Å². The summed E-state index contributed by atoms with van der Waals surface area (Å²) >= 11 is 0. The first-order valence-electron chi connectivity index (χ1n) is 11.6. The minimum Gasteiger partial charge on any atom is -0.427 e. The number of halogens is 1. The number of amides is 1. The highest BCUT2D eigenvalue weighted by Crippen LogP contribution is 2.57. The molecule has 5 heteroatoms. The Morgan fingerprint density at radius 2 is 1.88 bits per heavy atom. The lowest BCUT2D eigenvalue weighted by atomic mass is 9.49. The van der Waals surface area contributed by atoms with E-state index in [1.807, 2.05) is 12.1 Å². The van der Waals surface area contributed by atoms with E-state index in [4.69, 9.17) is 4.74 Å². The third kappa shape index (κ3) is 4.17. The van der Waals surface area contributed by atoms with Gasteiger partial charge in [0.05, 0.1) is 5.41 Å². The Balaban J connectivity index is 1.52. The average Bonchev–Trinajstić information content (AvgIpc) is 2.75. The van der Waals surface area contributed by atoms with E-state index in [1.165, 1.54) is 30.2 Å². The van der Waals surface area contributed by atoms with Gasteiger partial charge >= 0.3 is 5.97 Å². The van der Waals surface area contributed by atoms with Crippen molar-refractivity contribution in [1.29, 1.82) is 0 Å². The van der Waals surface area contributed by atoms with Crippen molar-refractivity contribution >= 4 is 11.9 Å². The van der Waals surface area contributed by atoms with E-state index in [9.17, 15) is 14.0 Å². The van der Waals surface area contributed by atoms with Crippen LogP contribution < -0.4 is 10.1 Å². The van der Waals surface area contributed by atoms with Crippen LogP contribution in [0.25, 0.3) is 0 Å². The molecule has 1 amide bonds. The smallest absolute Gasteiger partial charge is 0.308 e. The van der Waals surface area contributed by atoms with Crippen LogP contribution in [0, 0.1) is 17.2 Å². The summed E-state index contributed by atoms with van der Waals surface area (Å²) in [5.41, 5.74) is 2.93. The Kier molecular flexibility index (Phi) is 6.11. The van der Waals surface area contributed by atoms with Gasteiger partial charge in [-0.05, 0) is 84.4 Å². The molecule has 0 radical (unpaired) electrons. The number of fused-ring (bicyclic) bond motifs is 3. The van der Waals surface area contributed by atoms with Crippen molar-refractivity contribution in [2.45, 2.75) is 64.7 Å². The van der Waals surface area contributed by atoms with Crippen LogP contribution in [0.5, 0.6) is 5.75 Å². The normalized spacial score (nSPS) is 26.6. The maximum Gasteiger partial charge on any atom is 0.308 e. The lowest BCUT2D eigenvalue weighted by Crippen LogP contribution is -2.55. The number of rotatable bonds is 5. The number of hydrogen-bond donors (Lipinski definition) is 1. The topological polar surface area (TPSA) is 55.4 Å². The molecule has 3 atom stereocenters. The van der Waals surface area contributed by atoms with Crippen molar-refractivity contribution < 1.29 is 18.7 Å². The molecular formula is C27H32FNO3. The third-order valence-corrected chi connectivity index (χ3v) is 7.72. The first-order valence-corrected chi connectivity index (χ1v) is 11.6. The van der Waals surface area contributed by atoms with Gasteiger partial charge < -0.3 is 10.1 Å². The van der Waals surface area contributed by atoms with E-state index < -0.39 is 5.41 Å². The molecule has 0 heterocycles. The minimum atomic E-state index is -0.453. The first-order chi connectivity index (χ1) is 15.2. The Bertz CT molecular complexity index is 1020. The van der Waals surface area contributed by atoms with E-state index >= 15 is 0 Å². The van der Waals surface area contributed by atoms with Crippen molar-refractivity contribution in [2.75, 3.05) is 6.54 Å². The summed E-state index contributed by atoms with van der Waals surface area (Å²) in [6.45, 7) is 6.34. The van der Waals surface area contributed by atoms with Crippen LogP contribution in [0.15, 0.2) is 42.5 Å². The van der Waals surface area contributed by atoms with E-state index in [2.05, 4.69) is 25.2 Å². The summed E-state index contributed by atoms with van der Waals surface area (Å²) in [7, 11) is 0. The zero-order valence-electron chi connectivity index (χ0n) is 19.2. The highest BCUT2D eigenvalue weighted by Gasteiger charge is 2.54. The van der Waals surface area contributed by atoms with Crippen LogP contribution in [-0.4, -0.2) is 18.4 Å². The largest absolute Gasteiger partial charge is 0.427 e. The summed E-state index contributed by atoms with van der Waals surface area (Å²) in [6, 6.07) is 12.4. The first kappa shape index (κ1) is 22.5. The Morgan fingerprint density at radius 1 is 1.12 bits per heavy atom. The van der Waals surface area contributed by atoms with Crippen LogP contribution in [0.1, 0.15) is 63.1 Å². The molecule has 1 saturated carbocycles. The molecule has 0 saturated heterocycles. The van der Waals surface area contributed by atoms with Crippen molar-refractivity contribution in [1.82, 2.24) is 5.32 Å². The fourth-order valence-corrected chi connectivity index (χ4v) is 6.11. The fraction of sp³-hybridized carbons (Fsp3) is 0.481. The molecule has 0 bridgehead atoms. The quantitative estimate of drug-likeness (QED) is 0.522. The standard InChI is InChI=1S/C27H32FNO3/c1-18(30)32-22-11-7-20-8-12-24-26(2,23(20)17-22)14-4-15-27(24,3)25(31)29-16-13-19-5-9-21(28)10-6-19/h5-7,9-11,17,24H,4,8,12-16H2,1-3H3,(H,29,31)/t24-,26-,27+/m1/s1. The van der Waals surface area contributed by atoms with E-state index in [0.717, 1.165) is 37.7 Å². The number of ether oxygens (including phenoxy) is 1. The van der Waals surface area contributed by atoms with E-state index in [-0.39, 0.29) is 29.0 Å². The summed E-state index contributed by atoms with van der Waals surface area (Å²) in [4.78, 5) is 24.9. The van der Waals surface area contributed by atoms with Gasteiger partial charge in [-0.2, -0.15) is 0 Å². The predicted molar refractivity (Wildman–Crippen MR) is 122 cm³/mol. The van der Waals surface area contributed by atoms with Gasteiger partial charge in [-0.3, -0.25) is 9.59 Å². The second-order valence-electron chi connectivity index (χ2n) is 9.82. The van der Waals surface area contributed by atoms with Crippen molar-refractivity contribution in [3.8, 4) is 5.75 Å². The molecular weight excluding hydrogens is 405 g/mol. The molecule has 1 fully saturated rings. The highest BCUT2D eigenvalue weighted by atomic mass is 19.1. The number of nitrogens with one attached hydrogen (secondary N) is 1. The second-order valence-corrected chi connectivity index (χ2v) is 9.82. The van der Waals surface area contributed by atoms with Gasteiger partial charge in [0.25, 0.3) is 0 Å². The van der Waals surface area contributed by atoms with Gasteiger partial charge in [-0.25, -0.2) is 4.39 Å².